The highest BCUT2D eigenvalue weighted by atomic mass is 32.2. The molecule has 3 heterocycles. The van der Waals surface area contributed by atoms with Gasteiger partial charge in [-0.25, -0.2) is 9.97 Å². The normalized spacial score (nSPS) is 23.5. The zero-order valence-electron chi connectivity index (χ0n) is 20.4. The molecule has 0 radical (unpaired) electrons. The van der Waals surface area contributed by atoms with Crippen molar-refractivity contribution in [3.63, 3.8) is 0 Å². The lowest BCUT2D eigenvalue weighted by molar-refractivity contribution is 0.0636. The Morgan fingerprint density at radius 2 is 2.03 bits per heavy atom. The van der Waals surface area contributed by atoms with E-state index in [9.17, 15) is 18.3 Å². The second-order valence-corrected chi connectivity index (χ2v) is 10.6. The number of benzene rings is 1. The Kier molecular flexibility index (Phi) is 7.10. The molecule has 37 heavy (non-hydrogen) atoms. The number of fused-ring (bicyclic) bond motifs is 1. The van der Waals surface area contributed by atoms with E-state index in [1.54, 1.807) is 13.0 Å². The van der Waals surface area contributed by atoms with Gasteiger partial charge in [0, 0.05) is 24.8 Å². The third-order valence-corrected chi connectivity index (χ3v) is 7.73. The van der Waals surface area contributed by atoms with Crippen molar-refractivity contribution in [1.29, 1.82) is 0 Å². The fourth-order valence-corrected chi connectivity index (χ4v) is 5.49. The van der Waals surface area contributed by atoms with Crippen LogP contribution in [0.2, 0.25) is 0 Å². The fourth-order valence-electron chi connectivity index (χ4n) is 4.87. The topological polar surface area (TPSA) is 153 Å². The molecule has 1 saturated carbocycles. The predicted molar refractivity (Wildman–Crippen MR) is 132 cm³/mol. The van der Waals surface area contributed by atoms with Crippen LogP contribution in [0.3, 0.4) is 0 Å². The minimum atomic E-state index is -3.96. The van der Waals surface area contributed by atoms with Crippen LogP contribution in [0.4, 0.5) is 5.82 Å². The number of ketones is 1. The fraction of sp³-hybridized carbons (Fsp3) is 0.400. The van der Waals surface area contributed by atoms with Gasteiger partial charge < -0.3 is 19.6 Å². The first-order valence-corrected chi connectivity index (χ1v) is 13.4. The van der Waals surface area contributed by atoms with Crippen LogP contribution >= 0.6 is 0 Å². The van der Waals surface area contributed by atoms with Crippen molar-refractivity contribution < 1.29 is 31.7 Å². The van der Waals surface area contributed by atoms with E-state index in [-0.39, 0.29) is 42.1 Å². The summed E-state index contributed by atoms with van der Waals surface area (Å²) in [4.78, 5) is 21.7. The molecule has 0 unspecified atom stereocenters. The van der Waals surface area contributed by atoms with Crippen LogP contribution < -0.4 is 10.0 Å². The van der Waals surface area contributed by atoms with Gasteiger partial charge in [-0.1, -0.05) is 24.3 Å². The number of ether oxygens (including phenoxy) is 1. The summed E-state index contributed by atoms with van der Waals surface area (Å²) < 4.78 is 42.5. The molecule has 0 amide bonds. The van der Waals surface area contributed by atoms with Crippen LogP contribution in [-0.2, 0) is 25.6 Å². The van der Waals surface area contributed by atoms with Gasteiger partial charge in [-0.3, -0.25) is 8.98 Å². The molecule has 5 rings (SSSR count). The van der Waals surface area contributed by atoms with Crippen LogP contribution in [0.25, 0.3) is 0 Å². The number of aryl methyl sites for hydroxylation is 1. The van der Waals surface area contributed by atoms with Crippen molar-refractivity contribution in [3.05, 3.63) is 76.6 Å². The lowest BCUT2D eigenvalue weighted by Gasteiger charge is -2.25. The molecule has 0 bridgehead atoms. The van der Waals surface area contributed by atoms with Crippen LogP contribution in [0.15, 0.2) is 47.3 Å². The van der Waals surface area contributed by atoms with Crippen molar-refractivity contribution in [2.75, 3.05) is 19.0 Å². The maximum absolute atomic E-state index is 13.5. The van der Waals surface area contributed by atoms with Crippen molar-refractivity contribution in [2.45, 2.75) is 50.5 Å². The number of furan rings is 1. The summed E-state index contributed by atoms with van der Waals surface area (Å²) in [6.07, 6.45) is 1.67. The van der Waals surface area contributed by atoms with Gasteiger partial charge in [0.15, 0.2) is 5.76 Å². The summed E-state index contributed by atoms with van der Waals surface area (Å²) in [6.45, 7) is 2.37. The monoisotopic (exact) mass is 528 g/mol. The zero-order valence-corrected chi connectivity index (χ0v) is 21.2. The molecule has 1 aliphatic carbocycles. The summed E-state index contributed by atoms with van der Waals surface area (Å²) in [7, 11) is -2.73. The quantitative estimate of drug-likeness (QED) is 0.370. The molecule has 2 aromatic heterocycles. The number of rotatable bonds is 8. The number of aliphatic hydroxyl groups excluding tert-OH is 1. The summed E-state index contributed by atoms with van der Waals surface area (Å²) in [5.41, 5.74) is 3.23. The first-order chi connectivity index (χ1) is 17.8. The molecule has 0 spiro atoms. The van der Waals surface area contributed by atoms with E-state index in [2.05, 4.69) is 26.1 Å². The smallest absolute Gasteiger partial charge is 0.335 e. The number of anilines is 1. The first-order valence-electron chi connectivity index (χ1n) is 12.0. The Labute approximate surface area is 214 Å². The molecular formula is C25H28N4O7S. The third-order valence-electron chi connectivity index (χ3n) is 6.73. The number of carbonyl (C=O) groups is 1. The highest BCUT2D eigenvalue weighted by Gasteiger charge is 2.37. The molecule has 3 N–H and O–H groups in total. The Morgan fingerprint density at radius 3 is 2.84 bits per heavy atom. The van der Waals surface area contributed by atoms with Crippen LogP contribution in [-0.4, -0.2) is 61.2 Å². The zero-order chi connectivity index (χ0) is 26.2. The number of carbonyl (C=O) groups excluding carboxylic acids is 1. The average molecular weight is 529 g/mol. The summed E-state index contributed by atoms with van der Waals surface area (Å²) in [5, 5.41) is 13.4. The molecule has 1 aromatic carbocycles. The van der Waals surface area contributed by atoms with E-state index in [1.165, 1.54) is 25.1 Å². The molecule has 1 fully saturated rings. The molecule has 3 aromatic rings. The van der Waals surface area contributed by atoms with E-state index in [4.69, 9.17) is 13.3 Å². The highest BCUT2D eigenvalue weighted by Crippen LogP contribution is 2.36. The second-order valence-electron chi connectivity index (χ2n) is 9.11. The lowest BCUT2D eigenvalue weighted by atomic mass is 9.93. The average Bonchev–Trinajstić information content (AvgIpc) is 3.44. The maximum atomic E-state index is 13.5. The van der Waals surface area contributed by atoms with Gasteiger partial charge in [0.25, 0.3) is 0 Å². The number of aromatic nitrogens is 2. The number of nitrogens with zero attached hydrogens (tertiary/aromatic N) is 2. The minimum absolute atomic E-state index is 0.129. The van der Waals surface area contributed by atoms with Gasteiger partial charge in [0.2, 0.25) is 5.78 Å². The highest BCUT2D eigenvalue weighted by molar-refractivity contribution is 7.84. The van der Waals surface area contributed by atoms with Crippen molar-refractivity contribution in [1.82, 2.24) is 14.7 Å². The minimum Gasteiger partial charge on any atom is -0.457 e. The molecule has 0 saturated heterocycles. The molecule has 4 atom stereocenters. The van der Waals surface area contributed by atoms with E-state index >= 15 is 0 Å². The summed E-state index contributed by atoms with van der Waals surface area (Å²) >= 11 is 0. The molecule has 196 valence electrons. The lowest BCUT2D eigenvalue weighted by Crippen LogP contribution is -2.31. The van der Waals surface area contributed by atoms with Crippen LogP contribution in [0.5, 0.6) is 0 Å². The number of hydrogen-bond acceptors (Lipinski definition) is 10. The van der Waals surface area contributed by atoms with E-state index in [1.807, 2.05) is 18.2 Å². The van der Waals surface area contributed by atoms with Gasteiger partial charge >= 0.3 is 10.3 Å². The number of nitrogens with one attached hydrogen (secondary N) is 2. The molecular weight excluding hydrogens is 500 g/mol. The van der Waals surface area contributed by atoms with E-state index in [0.717, 1.165) is 17.5 Å². The Bertz CT molecular complexity index is 1410. The Balaban J connectivity index is 1.36. The maximum Gasteiger partial charge on any atom is 0.335 e. The Hall–Kier alpha value is -3.16. The number of hydrogen-bond donors (Lipinski definition) is 3. The predicted octanol–water partition coefficient (Wildman–Crippen LogP) is 2.06. The van der Waals surface area contributed by atoms with Gasteiger partial charge in [-0.2, -0.15) is 13.1 Å². The first kappa shape index (κ1) is 25.5. The molecule has 2 aliphatic rings. The van der Waals surface area contributed by atoms with Crippen molar-refractivity contribution in [3.8, 4) is 0 Å². The van der Waals surface area contributed by atoms with Crippen LogP contribution in [0.1, 0.15) is 57.5 Å². The van der Waals surface area contributed by atoms with E-state index < -0.39 is 28.3 Å². The SMILES string of the molecule is CNS(=O)(=O)O[C@@H]1C[C@H](Nc2ncncc2C(=O)c2cc([C@H]3OCCc4ccccc43)c(C)o2)C[C@@H]1O. The summed E-state index contributed by atoms with van der Waals surface area (Å²) in [5.74, 6) is 0.556. The van der Waals surface area contributed by atoms with Gasteiger partial charge in [0.1, 0.15) is 30.1 Å². The standard InChI is InChI=1S/C25H28N4O7S/c1-14-18(24-17-6-4-3-5-15(17)7-8-34-24)11-22(35-14)23(31)19-12-27-13-28-25(19)29-16-9-20(30)21(10-16)36-37(32,33)26-2/h3-6,11-13,16,20-21,24,26,30H,7-10H2,1-2H3,(H,27,28,29)/t16-,20+,21-,24+/m1/s1. The molecule has 11 nitrogen and oxygen atoms in total. The van der Waals surface area contributed by atoms with Crippen molar-refractivity contribution >= 4 is 21.9 Å². The van der Waals surface area contributed by atoms with Gasteiger partial charge in [0.05, 0.1) is 18.3 Å². The largest absolute Gasteiger partial charge is 0.457 e. The van der Waals surface area contributed by atoms with Gasteiger partial charge in [-0.05, 0) is 43.4 Å². The third kappa shape index (κ3) is 5.29. The molecule has 12 heteroatoms. The van der Waals surface area contributed by atoms with E-state index in [0.29, 0.717) is 12.4 Å². The summed E-state index contributed by atoms with van der Waals surface area (Å²) in [6, 6.07) is 9.39. The van der Waals surface area contributed by atoms with Crippen molar-refractivity contribution in [2.24, 2.45) is 0 Å². The van der Waals surface area contributed by atoms with Gasteiger partial charge in [-0.15, -0.1) is 0 Å². The Morgan fingerprint density at radius 1 is 1.22 bits per heavy atom. The number of aliphatic hydroxyl groups is 1. The second kappa shape index (κ2) is 10.3. The van der Waals surface area contributed by atoms with Crippen LogP contribution in [0, 0.1) is 6.92 Å². The molecule has 1 aliphatic heterocycles.